The lowest BCUT2D eigenvalue weighted by atomic mass is 10.0. The molecule has 0 aliphatic rings. The first-order chi connectivity index (χ1) is 11.5. The molecular weight excluding hydrogens is 324 g/mol. The van der Waals surface area contributed by atoms with Crippen molar-refractivity contribution >= 4 is 11.6 Å². The second-order valence-electron chi connectivity index (χ2n) is 5.72. The van der Waals surface area contributed by atoms with Gasteiger partial charge in [0.05, 0.1) is 12.1 Å². The van der Waals surface area contributed by atoms with E-state index in [0.29, 0.717) is 22.8 Å². The van der Waals surface area contributed by atoms with Gasteiger partial charge in [-0.05, 0) is 42.7 Å². The van der Waals surface area contributed by atoms with Crippen LogP contribution < -0.4 is 5.56 Å². The van der Waals surface area contributed by atoms with E-state index in [1.165, 1.54) is 4.68 Å². The van der Waals surface area contributed by atoms with Crippen LogP contribution in [0.2, 0.25) is 5.02 Å². The van der Waals surface area contributed by atoms with Crippen LogP contribution in [0, 0.1) is 13.8 Å². The van der Waals surface area contributed by atoms with Crippen LogP contribution in [0.1, 0.15) is 16.8 Å². The fourth-order valence-electron chi connectivity index (χ4n) is 2.70. The minimum absolute atomic E-state index is 0.0726. The molecule has 3 aromatic rings. The lowest BCUT2D eigenvalue weighted by Gasteiger charge is -2.13. The van der Waals surface area contributed by atoms with Gasteiger partial charge in [0.25, 0.3) is 5.56 Å². The van der Waals surface area contributed by atoms with E-state index >= 15 is 0 Å². The molecule has 0 unspecified atom stereocenters. The van der Waals surface area contributed by atoms with E-state index in [9.17, 15) is 9.90 Å². The molecule has 122 valence electrons. The second kappa shape index (κ2) is 6.49. The van der Waals surface area contributed by atoms with Crippen molar-refractivity contribution in [3.05, 3.63) is 80.7 Å². The van der Waals surface area contributed by atoms with E-state index in [1.54, 1.807) is 19.1 Å². The first kappa shape index (κ1) is 16.3. The highest BCUT2D eigenvalue weighted by Gasteiger charge is 2.17. The number of nitrogens with zero attached hydrogens (tertiary/aromatic N) is 2. The number of rotatable bonds is 3. The smallest absolute Gasteiger partial charge is 0.278 e. The van der Waals surface area contributed by atoms with Gasteiger partial charge < -0.3 is 5.11 Å². The van der Waals surface area contributed by atoms with Gasteiger partial charge in [0, 0.05) is 5.02 Å². The summed E-state index contributed by atoms with van der Waals surface area (Å²) in [5.41, 5.74) is 2.87. The SMILES string of the molecule is Cc1ccccc1-c1c(O)c(C)nn(Cc2cccc(Cl)c2)c1=O. The number of benzene rings is 2. The maximum atomic E-state index is 12.9. The molecule has 24 heavy (non-hydrogen) atoms. The van der Waals surface area contributed by atoms with Crippen LogP contribution >= 0.6 is 11.6 Å². The maximum absolute atomic E-state index is 12.9. The average molecular weight is 341 g/mol. The Bertz CT molecular complexity index is 964. The monoisotopic (exact) mass is 340 g/mol. The van der Waals surface area contributed by atoms with Crippen LogP contribution in [0.15, 0.2) is 53.3 Å². The largest absolute Gasteiger partial charge is 0.505 e. The van der Waals surface area contributed by atoms with E-state index in [1.807, 2.05) is 43.3 Å². The average Bonchev–Trinajstić information content (AvgIpc) is 2.54. The number of hydrogen-bond acceptors (Lipinski definition) is 3. The summed E-state index contributed by atoms with van der Waals surface area (Å²) < 4.78 is 1.36. The number of halogens is 1. The Kier molecular flexibility index (Phi) is 4.40. The quantitative estimate of drug-likeness (QED) is 0.785. The first-order valence-electron chi connectivity index (χ1n) is 7.58. The van der Waals surface area contributed by atoms with Crippen LogP contribution in [-0.2, 0) is 6.54 Å². The van der Waals surface area contributed by atoms with Crippen molar-refractivity contribution in [2.75, 3.05) is 0 Å². The summed E-state index contributed by atoms with van der Waals surface area (Å²) in [6.45, 7) is 3.88. The van der Waals surface area contributed by atoms with E-state index in [-0.39, 0.29) is 16.9 Å². The van der Waals surface area contributed by atoms with Gasteiger partial charge in [-0.3, -0.25) is 4.79 Å². The highest BCUT2D eigenvalue weighted by Crippen LogP contribution is 2.29. The summed E-state index contributed by atoms with van der Waals surface area (Å²) in [7, 11) is 0. The van der Waals surface area contributed by atoms with Crippen LogP contribution in [-0.4, -0.2) is 14.9 Å². The third kappa shape index (κ3) is 3.05. The lowest BCUT2D eigenvalue weighted by Crippen LogP contribution is -2.26. The molecule has 3 rings (SSSR count). The van der Waals surface area contributed by atoms with Gasteiger partial charge in [-0.2, -0.15) is 5.10 Å². The molecule has 1 N–H and O–H groups in total. The summed E-state index contributed by atoms with van der Waals surface area (Å²) in [6.07, 6.45) is 0. The summed E-state index contributed by atoms with van der Waals surface area (Å²) in [4.78, 5) is 12.9. The Balaban J connectivity index is 2.16. The topological polar surface area (TPSA) is 55.1 Å². The third-order valence-electron chi connectivity index (χ3n) is 3.93. The molecule has 0 spiro atoms. The number of aromatic nitrogens is 2. The summed E-state index contributed by atoms with van der Waals surface area (Å²) in [5.74, 6) is -0.0726. The number of aromatic hydroxyl groups is 1. The van der Waals surface area contributed by atoms with Crippen molar-refractivity contribution in [1.82, 2.24) is 9.78 Å². The molecule has 1 aromatic heterocycles. The zero-order valence-corrected chi connectivity index (χ0v) is 14.2. The molecule has 0 atom stereocenters. The fourth-order valence-corrected chi connectivity index (χ4v) is 2.91. The molecule has 0 saturated heterocycles. The van der Waals surface area contributed by atoms with Gasteiger partial charge in [-0.1, -0.05) is 48.0 Å². The van der Waals surface area contributed by atoms with Crippen molar-refractivity contribution < 1.29 is 5.11 Å². The normalized spacial score (nSPS) is 10.8. The summed E-state index contributed by atoms with van der Waals surface area (Å²) in [5, 5.41) is 15.2. The van der Waals surface area contributed by atoms with Crippen LogP contribution in [0.25, 0.3) is 11.1 Å². The van der Waals surface area contributed by atoms with Crippen molar-refractivity contribution in [2.24, 2.45) is 0 Å². The molecule has 4 nitrogen and oxygen atoms in total. The number of hydrogen-bond donors (Lipinski definition) is 1. The Morgan fingerprint density at radius 3 is 2.58 bits per heavy atom. The van der Waals surface area contributed by atoms with E-state index in [0.717, 1.165) is 11.1 Å². The molecule has 0 bridgehead atoms. The molecule has 0 amide bonds. The van der Waals surface area contributed by atoms with Gasteiger partial charge in [0.1, 0.15) is 5.69 Å². The van der Waals surface area contributed by atoms with Crippen molar-refractivity contribution in [3.8, 4) is 16.9 Å². The summed E-state index contributed by atoms with van der Waals surface area (Å²) in [6, 6.07) is 14.8. The Labute approximate surface area is 145 Å². The molecule has 0 aliphatic carbocycles. The fraction of sp³-hybridized carbons (Fsp3) is 0.158. The minimum atomic E-state index is -0.327. The molecular formula is C19H17ClN2O2. The second-order valence-corrected chi connectivity index (χ2v) is 6.15. The van der Waals surface area contributed by atoms with E-state index < -0.39 is 0 Å². The molecule has 0 saturated carbocycles. The maximum Gasteiger partial charge on any atom is 0.278 e. The molecule has 5 heteroatoms. The van der Waals surface area contributed by atoms with Crippen LogP contribution in [0.4, 0.5) is 0 Å². The summed E-state index contributed by atoms with van der Waals surface area (Å²) >= 11 is 6.01. The lowest BCUT2D eigenvalue weighted by molar-refractivity contribution is 0.458. The molecule has 0 aliphatic heterocycles. The predicted octanol–water partition coefficient (Wildman–Crippen LogP) is 3.93. The van der Waals surface area contributed by atoms with Gasteiger partial charge in [0.2, 0.25) is 0 Å². The van der Waals surface area contributed by atoms with Crippen molar-refractivity contribution in [1.29, 1.82) is 0 Å². The molecule has 2 aromatic carbocycles. The van der Waals surface area contributed by atoms with Crippen molar-refractivity contribution in [2.45, 2.75) is 20.4 Å². The van der Waals surface area contributed by atoms with Crippen LogP contribution in [0.5, 0.6) is 5.75 Å². The highest BCUT2D eigenvalue weighted by molar-refractivity contribution is 6.30. The van der Waals surface area contributed by atoms with E-state index in [4.69, 9.17) is 11.6 Å². The van der Waals surface area contributed by atoms with E-state index in [2.05, 4.69) is 5.10 Å². The molecule has 1 heterocycles. The van der Waals surface area contributed by atoms with Gasteiger partial charge in [-0.15, -0.1) is 0 Å². The zero-order valence-electron chi connectivity index (χ0n) is 13.5. The van der Waals surface area contributed by atoms with Gasteiger partial charge in [-0.25, -0.2) is 4.68 Å². The Morgan fingerprint density at radius 1 is 1.12 bits per heavy atom. The minimum Gasteiger partial charge on any atom is -0.505 e. The van der Waals surface area contributed by atoms with Gasteiger partial charge >= 0.3 is 0 Å². The Hall–Kier alpha value is -2.59. The zero-order chi connectivity index (χ0) is 17.3. The highest BCUT2D eigenvalue weighted by atomic mass is 35.5. The third-order valence-corrected chi connectivity index (χ3v) is 4.17. The first-order valence-corrected chi connectivity index (χ1v) is 7.96. The molecule has 0 fully saturated rings. The van der Waals surface area contributed by atoms with Crippen molar-refractivity contribution in [3.63, 3.8) is 0 Å². The standard InChI is InChI=1S/C19H17ClN2O2/c1-12-6-3-4-9-16(12)17-18(23)13(2)21-22(19(17)24)11-14-7-5-8-15(20)10-14/h3-10,23H,11H2,1-2H3. The Morgan fingerprint density at radius 2 is 1.88 bits per heavy atom. The number of aryl methyl sites for hydroxylation is 2. The predicted molar refractivity (Wildman–Crippen MR) is 95.6 cm³/mol. The molecule has 0 radical (unpaired) electrons. The van der Waals surface area contributed by atoms with Crippen LogP contribution in [0.3, 0.4) is 0 Å². The van der Waals surface area contributed by atoms with Gasteiger partial charge in [0.15, 0.2) is 5.75 Å².